The van der Waals surface area contributed by atoms with Gasteiger partial charge in [0, 0.05) is 44.0 Å². The zero-order valence-corrected chi connectivity index (χ0v) is 11.9. The van der Waals surface area contributed by atoms with Crippen LogP contribution < -0.4 is 4.74 Å². The van der Waals surface area contributed by atoms with E-state index in [1.807, 2.05) is 12.3 Å². The first-order valence-electron chi connectivity index (χ1n) is 7.27. The Morgan fingerprint density at radius 2 is 2.11 bits per heavy atom. The summed E-state index contributed by atoms with van der Waals surface area (Å²) in [5.74, 6) is 0.696. The van der Waals surface area contributed by atoms with Crippen molar-refractivity contribution in [3.8, 4) is 5.88 Å². The molecule has 4 heterocycles. The Bertz CT molecular complexity index is 408. The molecule has 3 saturated heterocycles. The van der Waals surface area contributed by atoms with Gasteiger partial charge in [0.15, 0.2) is 0 Å². The summed E-state index contributed by atoms with van der Waals surface area (Å²) in [7, 11) is 1.66. The lowest BCUT2D eigenvalue weighted by Gasteiger charge is -2.56. The van der Waals surface area contributed by atoms with Gasteiger partial charge in [-0.3, -0.25) is 4.90 Å². The van der Waals surface area contributed by atoms with Crippen molar-refractivity contribution in [3.05, 3.63) is 23.9 Å². The van der Waals surface area contributed by atoms with E-state index in [0.717, 1.165) is 18.6 Å². The lowest BCUT2D eigenvalue weighted by Crippen LogP contribution is -2.68. The SMILES string of the molecule is CCCN1CC2CC(C1)N2Cc1ccc(OC)nc1. The number of ether oxygens (including phenoxy) is 1. The molecule has 19 heavy (non-hydrogen) atoms. The second-order valence-electron chi connectivity index (χ2n) is 5.68. The molecule has 0 radical (unpaired) electrons. The summed E-state index contributed by atoms with van der Waals surface area (Å²) in [6.45, 7) is 7.04. The largest absolute Gasteiger partial charge is 0.481 e. The normalized spacial score (nSPS) is 27.1. The van der Waals surface area contributed by atoms with Gasteiger partial charge in [0.2, 0.25) is 5.88 Å². The quantitative estimate of drug-likeness (QED) is 0.807. The topological polar surface area (TPSA) is 28.6 Å². The molecular formula is C15H23N3O. The minimum Gasteiger partial charge on any atom is -0.481 e. The van der Waals surface area contributed by atoms with E-state index in [2.05, 4.69) is 27.8 Å². The van der Waals surface area contributed by atoms with Crippen LogP contribution >= 0.6 is 0 Å². The molecule has 3 aliphatic heterocycles. The third-order valence-corrected chi connectivity index (χ3v) is 4.33. The van der Waals surface area contributed by atoms with Gasteiger partial charge in [-0.1, -0.05) is 13.0 Å². The van der Waals surface area contributed by atoms with E-state index in [4.69, 9.17) is 4.74 Å². The average Bonchev–Trinajstić information content (AvgIpc) is 2.46. The zero-order valence-electron chi connectivity index (χ0n) is 11.9. The van der Waals surface area contributed by atoms with E-state index in [9.17, 15) is 0 Å². The molecule has 4 nitrogen and oxygen atoms in total. The van der Waals surface area contributed by atoms with Crippen LogP contribution in [0.4, 0.5) is 0 Å². The van der Waals surface area contributed by atoms with Crippen molar-refractivity contribution in [2.24, 2.45) is 0 Å². The van der Waals surface area contributed by atoms with Gasteiger partial charge in [-0.2, -0.15) is 0 Å². The molecule has 2 atom stereocenters. The molecule has 3 aliphatic rings. The Kier molecular flexibility index (Phi) is 3.71. The summed E-state index contributed by atoms with van der Waals surface area (Å²) in [5.41, 5.74) is 1.29. The molecule has 0 saturated carbocycles. The van der Waals surface area contributed by atoms with Gasteiger partial charge >= 0.3 is 0 Å². The predicted molar refractivity (Wildman–Crippen MR) is 75.3 cm³/mol. The number of rotatable bonds is 5. The highest BCUT2D eigenvalue weighted by atomic mass is 16.5. The van der Waals surface area contributed by atoms with Crippen LogP contribution in [0.15, 0.2) is 18.3 Å². The first-order chi connectivity index (χ1) is 9.30. The monoisotopic (exact) mass is 261 g/mol. The number of fused-ring (bicyclic) bond motifs is 2. The molecule has 3 fully saturated rings. The maximum atomic E-state index is 5.10. The second-order valence-corrected chi connectivity index (χ2v) is 5.68. The summed E-state index contributed by atoms with van der Waals surface area (Å²) in [5, 5.41) is 0. The van der Waals surface area contributed by atoms with Gasteiger partial charge in [-0.25, -0.2) is 4.98 Å². The molecular weight excluding hydrogens is 238 g/mol. The molecule has 2 bridgehead atoms. The van der Waals surface area contributed by atoms with E-state index in [0.29, 0.717) is 5.88 Å². The molecule has 0 amide bonds. The lowest BCUT2D eigenvalue weighted by atomic mass is 9.87. The van der Waals surface area contributed by atoms with Crippen LogP contribution in [0.2, 0.25) is 0 Å². The molecule has 0 aliphatic carbocycles. The van der Waals surface area contributed by atoms with Gasteiger partial charge in [0.25, 0.3) is 0 Å². The molecule has 4 rings (SSSR count). The third-order valence-electron chi connectivity index (χ3n) is 4.33. The van der Waals surface area contributed by atoms with E-state index in [1.54, 1.807) is 7.11 Å². The Morgan fingerprint density at radius 1 is 1.32 bits per heavy atom. The molecule has 1 aromatic heterocycles. The van der Waals surface area contributed by atoms with Crippen LogP contribution in [0.25, 0.3) is 0 Å². The zero-order chi connectivity index (χ0) is 13.2. The number of methoxy groups -OCH3 is 1. The summed E-state index contributed by atoms with van der Waals surface area (Å²) in [6, 6.07) is 5.60. The van der Waals surface area contributed by atoms with Crippen molar-refractivity contribution in [2.45, 2.75) is 38.4 Å². The standard InChI is InChI=1S/C15H23N3O/c1-3-6-17-10-13-7-14(11-17)18(13)9-12-4-5-15(19-2)16-8-12/h4-5,8,13-14H,3,6-7,9-11H2,1-2H3. The summed E-state index contributed by atoms with van der Waals surface area (Å²) < 4.78 is 5.10. The first kappa shape index (κ1) is 12.9. The molecule has 0 aromatic carbocycles. The maximum Gasteiger partial charge on any atom is 0.212 e. The van der Waals surface area contributed by atoms with Crippen molar-refractivity contribution in [1.29, 1.82) is 0 Å². The number of piperazine rings is 1. The van der Waals surface area contributed by atoms with Crippen molar-refractivity contribution < 1.29 is 4.74 Å². The highest BCUT2D eigenvalue weighted by Crippen LogP contribution is 2.33. The molecule has 104 valence electrons. The number of hydrogen-bond donors (Lipinski definition) is 0. The number of piperidine rings is 1. The molecule has 4 heteroatoms. The first-order valence-corrected chi connectivity index (χ1v) is 7.27. The van der Waals surface area contributed by atoms with E-state index in [-0.39, 0.29) is 0 Å². The fraction of sp³-hybridized carbons (Fsp3) is 0.667. The summed E-state index contributed by atoms with van der Waals surface area (Å²) >= 11 is 0. The number of hydrogen-bond acceptors (Lipinski definition) is 4. The Hall–Kier alpha value is -1.13. The van der Waals surface area contributed by atoms with Gasteiger partial charge in [0.1, 0.15) is 0 Å². The smallest absolute Gasteiger partial charge is 0.212 e. The van der Waals surface area contributed by atoms with Crippen molar-refractivity contribution >= 4 is 0 Å². The van der Waals surface area contributed by atoms with Crippen LogP contribution in [-0.2, 0) is 6.54 Å². The van der Waals surface area contributed by atoms with Gasteiger partial charge < -0.3 is 9.64 Å². The average molecular weight is 261 g/mol. The van der Waals surface area contributed by atoms with Gasteiger partial charge in [-0.15, -0.1) is 0 Å². The van der Waals surface area contributed by atoms with E-state index < -0.39 is 0 Å². The second kappa shape index (κ2) is 5.47. The molecule has 0 spiro atoms. The van der Waals surface area contributed by atoms with E-state index in [1.165, 1.54) is 38.0 Å². The molecule has 2 unspecified atom stereocenters. The minimum absolute atomic E-state index is 0.696. The minimum atomic E-state index is 0.696. The number of nitrogens with zero attached hydrogens (tertiary/aromatic N) is 3. The Balaban J connectivity index is 1.57. The van der Waals surface area contributed by atoms with Crippen molar-refractivity contribution in [2.75, 3.05) is 26.7 Å². The highest BCUT2D eigenvalue weighted by Gasteiger charge is 2.43. The van der Waals surface area contributed by atoms with Crippen molar-refractivity contribution in [3.63, 3.8) is 0 Å². The fourth-order valence-electron chi connectivity index (χ4n) is 3.37. The van der Waals surface area contributed by atoms with E-state index >= 15 is 0 Å². The lowest BCUT2D eigenvalue weighted by molar-refractivity contribution is -0.0746. The molecule has 0 N–H and O–H groups in total. The number of pyridine rings is 1. The number of aromatic nitrogens is 1. The van der Waals surface area contributed by atoms with Gasteiger partial charge in [-0.05, 0) is 24.9 Å². The van der Waals surface area contributed by atoms with Gasteiger partial charge in [0.05, 0.1) is 7.11 Å². The summed E-state index contributed by atoms with van der Waals surface area (Å²) in [4.78, 5) is 9.53. The maximum absolute atomic E-state index is 5.10. The van der Waals surface area contributed by atoms with Crippen LogP contribution in [0.5, 0.6) is 5.88 Å². The van der Waals surface area contributed by atoms with Crippen LogP contribution in [0, 0.1) is 0 Å². The van der Waals surface area contributed by atoms with Crippen LogP contribution in [0.3, 0.4) is 0 Å². The fourth-order valence-corrected chi connectivity index (χ4v) is 3.37. The molecule has 1 aromatic rings. The predicted octanol–water partition coefficient (Wildman–Crippen LogP) is 1.76. The van der Waals surface area contributed by atoms with Crippen molar-refractivity contribution in [1.82, 2.24) is 14.8 Å². The summed E-state index contributed by atoms with van der Waals surface area (Å²) in [6.07, 6.45) is 4.59. The third kappa shape index (κ3) is 2.60. The van der Waals surface area contributed by atoms with Crippen LogP contribution in [0.1, 0.15) is 25.3 Å². The highest BCUT2D eigenvalue weighted by molar-refractivity contribution is 5.18. The Labute approximate surface area is 115 Å². The van der Waals surface area contributed by atoms with Crippen LogP contribution in [-0.4, -0.2) is 53.6 Å². The Morgan fingerprint density at radius 3 is 2.68 bits per heavy atom.